The molecule has 1 aromatic heterocycles. The molecule has 0 saturated heterocycles. The summed E-state index contributed by atoms with van der Waals surface area (Å²) in [6.07, 6.45) is 3.14. The molecule has 60 valence electrons. The Morgan fingerprint density at radius 2 is 2.36 bits per heavy atom. The maximum Gasteiger partial charge on any atom is 0.171 e. The fourth-order valence-corrected chi connectivity index (χ4v) is 0.572. The SMILES string of the molecule is Cl.N/C(=N\O)c1cccnc1. The van der Waals surface area contributed by atoms with Crippen molar-refractivity contribution >= 4 is 18.2 Å². The molecule has 0 unspecified atom stereocenters. The number of pyridine rings is 1. The summed E-state index contributed by atoms with van der Waals surface area (Å²) in [5.41, 5.74) is 5.87. The quantitative estimate of drug-likeness (QED) is 0.283. The largest absolute Gasteiger partial charge is 0.409 e. The van der Waals surface area contributed by atoms with Crippen LogP contribution in [0.1, 0.15) is 5.56 Å². The van der Waals surface area contributed by atoms with Gasteiger partial charge in [0.15, 0.2) is 5.84 Å². The predicted molar refractivity (Wildman–Crippen MR) is 44.0 cm³/mol. The van der Waals surface area contributed by atoms with E-state index in [4.69, 9.17) is 10.9 Å². The first-order chi connectivity index (χ1) is 4.84. The van der Waals surface area contributed by atoms with E-state index in [0.29, 0.717) is 5.56 Å². The van der Waals surface area contributed by atoms with Gasteiger partial charge in [0, 0.05) is 18.0 Å². The number of amidine groups is 1. The molecule has 0 aromatic carbocycles. The highest BCUT2D eigenvalue weighted by Gasteiger charge is 1.94. The lowest BCUT2D eigenvalue weighted by atomic mass is 10.3. The molecule has 1 heterocycles. The number of aromatic nitrogens is 1. The van der Waals surface area contributed by atoms with E-state index in [2.05, 4.69) is 10.1 Å². The lowest BCUT2D eigenvalue weighted by Gasteiger charge is -1.93. The van der Waals surface area contributed by atoms with E-state index in [9.17, 15) is 0 Å². The third kappa shape index (κ3) is 2.43. The van der Waals surface area contributed by atoms with Gasteiger partial charge in [-0.1, -0.05) is 5.16 Å². The first kappa shape index (κ1) is 9.71. The molecule has 11 heavy (non-hydrogen) atoms. The molecular weight excluding hydrogens is 166 g/mol. The lowest BCUT2D eigenvalue weighted by molar-refractivity contribution is 0.318. The summed E-state index contributed by atoms with van der Waals surface area (Å²) < 4.78 is 0. The Labute approximate surface area is 70.2 Å². The molecule has 0 aliphatic carbocycles. The van der Waals surface area contributed by atoms with Crippen LogP contribution >= 0.6 is 12.4 Å². The third-order valence-corrected chi connectivity index (χ3v) is 1.07. The van der Waals surface area contributed by atoms with Gasteiger partial charge in [-0.25, -0.2) is 0 Å². The predicted octanol–water partition coefficient (Wildman–Crippen LogP) is 0.598. The highest BCUT2D eigenvalue weighted by Crippen LogP contribution is 1.92. The van der Waals surface area contributed by atoms with Crippen molar-refractivity contribution < 1.29 is 5.21 Å². The van der Waals surface area contributed by atoms with Crippen molar-refractivity contribution in [1.29, 1.82) is 0 Å². The van der Waals surface area contributed by atoms with Crippen LogP contribution in [0.15, 0.2) is 29.7 Å². The molecule has 0 spiro atoms. The number of nitrogens with two attached hydrogens (primary N) is 1. The minimum absolute atomic E-state index is 0. The topological polar surface area (TPSA) is 71.5 Å². The number of nitrogens with zero attached hydrogens (tertiary/aromatic N) is 2. The highest BCUT2D eigenvalue weighted by atomic mass is 35.5. The molecule has 1 aromatic rings. The smallest absolute Gasteiger partial charge is 0.171 e. The van der Waals surface area contributed by atoms with Crippen molar-refractivity contribution in [2.24, 2.45) is 10.9 Å². The maximum absolute atomic E-state index is 8.22. The molecule has 0 atom stereocenters. The molecule has 0 aliphatic rings. The van der Waals surface area contributed by atoms with Crippen LogP contribution in [-0.4, -0.2) is 16.0 Å². The van der Waals surface area contributed by atoms with E-state index >= 15 is 0 Å². The minimum Gasteiger partial charge on any atom is -0.409 e. The highest BCUT2D eigenvalue weighted by molar-refractivity contribution is 5.96. The summed E-state index contributed by atoms with van der Waals surface area (Å²) in [6.45, 7) is 0. The number of halogens is 1. The Kier molecular flexibility index (Phi) is 3.98. The second-order valence-corrected chi connectivity index (χ2v) is 1.73. The van der Waals surface area contributed by atoms with Gasteiger partial charge in [-0.05, 0) is 12.1 Å². The van der Waals surface area contributed by atoms with Gasteiger partial charge in [0.25, 0.3) is 0 Å². The first-order valence-corrected chi connectivity index (χ1v) is 2.72. The van der Waals surface area contributed by atoms with Gasteiger partial charge in [0.1, 0.15) is 0 Å². The molecule has 4 nitrogen and oxygen atoms in total. The molecule has 0 amide bonds. The van der Waals surface area contributed by atoms with E-state index in [1.54, 1.807) is 18.3 Å². The van der Waals surface area contributed by atoms with E-state index in [1.807, 2.05) is 0 Å². The molecule has 3 N–H and O–H groups in total. The van der Waals surface area contributed by atoms with Crippen molar-refractivity contribution in [3.63, 3.8) is 0 Å². The standard InChI is InChI=1S/C6H7N3O.ClH/c7-6(9-10)5-2-1-3-8-4-5;/h1-4,10H,(H2,7,9);1H. The van der Waals surface area contributed by atoms with E-state index in [0.717, 1.165) is 0 Å². The van der Waals surface area contributed by atoms with Crippen LogP contribution in [0.3, 0.4) is 0 Å². The normalized spacial score (nSPS) is 10.4. The minimum atomic E-state index is 0. The number of rotatable bonds is 1. The second kappa shape index (κ2) is 4.51. The summed E-state index contributed by atoms with van der Waals surface area (Å²) >= 11 is 0. The Balaban J connectivity index is 0.000001000. The van der Waals surface area contributed by atoms with Crippen LogP contribution in [0, 0.1) is 0 Å². The average Bonchev–Trinajstić information content (AvgIpc) is 2.05. The van der Waals surface area contributed by atoms with Gasteiger partial charge in [-0.2, -0.15) is 0 Å². The van der Waals surface area contributed by atoms with Crippen molar-refractivity contribution in [2.75, 3.05) is 0 Å². The van der Waals surface area contributed by atoms with Crippen LogP contribution in [-0.2, 0) is 0 Å². The third-order valence-electron chi connectivity index (χ3n) is 1.07. The fraction of sp³-hybridized carbons (Fsp3) is 0. The number of hydrogen-bond donors (Lipinski definition) is 2. The first-order valence-electron chi connectivity index (χ1n) is 2.72. The van der Waals surface area contributed by atoms with E-state index in [1.165, 1.54) is 6.20 Å². The number of oxime groups is 1. The monoisotopic (exact) mass is 173 g/mol. The van der Waals surface area contributed by atoms with Gasteiger partial charge in [0.05, 0.1) is 0 Å². The van der Waals surface area contributed by atoms with Crippen LogP contribution in [0.5, 0.6) is 0 Å². The van der Waals surface area contributed by atoms with Crippen LogP contribution < -0.4 is 5.73 Å². The summed E-state index contributed by atoms with van der Waals surface area (Å²) in [4.78, 5) is 3.78. The summed E-state index contributed by atoms with van der Waals surface area (Å²) in [5.74, 6) is 0.0769. The van der Waals surface area contributed by atoms with Crippen LogP contribution in [0.4, 0.5) is 0 Å². The van der Waals surface area contributed by atoms with Gasteiger partial charge < -0.3 is 10.9 Å². The van der Waals surface area contributed by atoms with E-state index < -0.39 is 0 Å². The van der Waals surface area contributed by atoms with Crippen molar-refractivity contribution in [1.82, 2.24) is 4.98 Å². The molecule has 0 bridgehead atoms. The molecule has 5 heteroatoms. The maximum atomic E-state index is 8.22. The summed E-state index contributed by atoms with van der Waals surface area (Å²) in [5, 5.41) is 11.0. The van der Waals surface area contributed by atoms with Gasteiger partial charge in [-0.15, -0.1) is 12.4 Å². The van der Waals surface area contributed by atoms with Crippen molar-refractivity contribution in [3.8, 4) is 0 Å². The summed E-state index contributed by atoms with van der Waals surface area (Å²) in [6, 6.07) is 3.43. The van der Waals surface area contributed by atoms with Gasteiger partial charge >= 0.3 is 0 Å². The molecule has 0 fully saturated rings. The van der Waals surface area contributed by atoms with Crippen LogP contribution in [0.25, 0.3) is 0 Å². The fourth-order valence-electron chi connectivity index (χ4n) is 0.572. The zero-order chi connectivity index (χ0) is 7.40. The molecule has 0 radical (unpaired) electrons. The lowest BCUT2D eigenvalue weighted by Crippen LogP contribution is -2.12. The Bertz CT molecular complexity index is 237. The van der Waals surface area contributed by atoms with Gasteiger partial charge in [-0.3, -0.25) is 4.98 Å². The zero-order valence-corrected chi connectivity index (χ0v) is 6.45. The van der Waals surface area contributed by atoms with E-state index in [-0.39, 0.29) is 18.2 Å². The second-order valence-electron chi connectivity index (χ2n) is 1.73. The Hall–Kier alpha value is -1.29. The van der Waals surface area contributed by atoms with Gasteiger partial charge in [0.2, 0.25) is 0 Å². The Morgan fingerprint density at radius 3 is 2.82 bits per heavy atom. The molecular formula is C6H8ClN3O. The molecule has 0 saturated carbocycles. The number of hydrogen-bond acceptors (Lipinski definition) is 3. The average molecular weight is 174 g/mol. The Morgan fingerprint density at radius 1 is 1.64 bits per heavy atom. The van der Waals surface area contributed by atoms with Crippen molar-refractivity contribution in [2.45, 2.75) is 0 Å². The van der Waals surface area contributed by atoms with Crippen LogP contribution in [0.2, 0.25) is 0 Å². The zero-order valence-electron chi connectivity index (χ0n) is 5.64. The van der Waals surface area contributed by atoms with Crippen molar-refractivity contribution in [3.05, 3.63) is 30.1 Å². The summed E-state index contributed by atoms with van der Waals surface area (Å²) in [7, 11) is 0. The molecule has 0 aliphatic heterocycles. The molecule has 1 rings (SSSR count).